The van der Waals surface area contributed by atoms with Crippen LogP contribution in [0.1, 0.15) is 69.0 Å². The predicted octanol–water partition coefficient (Wildman–Crippen LogP) is 7.98. The van der Waals surface area contributed by atoms with Crippen LogP contribution in [0.4, 0.5) is 23.7 Å². The molecule has 0 saturated carbocycles. The van der Waals surface area contributed by atoms with Crippen molar-refractivity contribution in [1.82, 2.24) is 14.5 Å². The molecule has 1 N–H and O–H groups in total. The first-order valence-corrected chi connectivity index (χ1v) is 13.0. The molecule has 37 heavy (non-hydrogen) atoms. The van der Waals surface area contributed by atoms with Crippen LogP contribution in [0.3, 0.4) is 0 Å². The SMILES string of the molecule is CCCC(CCC)N1Cc2ccccc2NC1=O.CCc1nc(-c2ccc(C(F)(F)F)cc2)n(C)c1C. The molecule has 1 aromatic heterocycles. The molecule has 0 atom stereocenters. The number of anilines is 1. The van der Waals surface area contributed by atoms with Crippen LogP contribution in [0.5, 0.6) is 0 Å². The van der Waals surface area contributed by atoms with Crippen LogP contribution in [0, 0.1) is 6.92 Å². The molecule has 2 aromatic carbocycles. The summed E-state index contributed by atoms with van der Waals surface area (Å²) >= 11 is 0. The molecule has 0 unspecified atom stereocenters. The molecular formula is C29H37F3N4O. The molecule has 1 aliphatic rings. The Hall–Kier alpha value is -3.29. The fourth-order valence-electron chi connectivity index (χ4n) is 4.68. The largest absolute Gasteiger partial charge is 0.416 e. The quantitative estimate of drug-likeness (QED) is 0.347. The number of hydrogen-bond acceptors (Lipinski definition) is 2. The van der Waals surface area contributed by atoms with E-state index in [2.05, 4.69) is 30.2 Å². The molecule has 2 amide bonds. The fraction of sp³-hybridized carbons (Fsp3) is 0.448. The van der Waals surface area contributed by atoms with Crippen molar-refractivity contribution in [2.75, 3.05) is 5.32 Å². The highest BCUT2D eigenvalue weighted by atomic mass is 19.4. The average molecular weight is 515 g/mol. The summed E-state index contributed by atoms with van der Waals surface area (Å²) in [6, 6.07) is 13.6. The summed E-state index contributed by atoms with van der Waals surface area (Å²) in [6.45, 7) is 9.06. The second kappa shape index (κ2) is 12.3. The molecule has 0 fully saturated rings. The first-order chi connectivity index (χ1) is 17.6. The van der Waals surface area contributed by atoms with Crippen LogP contribution in [-0.4, -0.2) is 26.5 Å². The van der Waals surface area contributed by atoms with Crippen molar-refractivity contribution in [3.8, 4) is 11.4 Å². The molecule has 3 aromatic rings. The number of rotatable bonds is 7. The van der Waals surface area contributed by atoms with Crippen LogP contribution in [0.25, 0.3) is 11.4 Å². The Balaban J connectivity index is 0.000000206. The standard InChI is InChI=1S/C15H22N2O.C14H15F3N2/c1-3-7-13(8-4-2)17-11-12-9-5-6-10-14(12)16-15(17)18;1-4-12-9(2)19(3)13(18-12)10-5-7-11(8-6-10)14(15,16)17/h5-6,9-10,13H,3-4,7-8,11H2,1-2H3,(H,16,18);5-8H,4H2,1-3H3. The number of aryl methyl sites for hydroxylation is 1. The van der Waals surface area contributed by atoms with Gasteiger partial charge in [-0.05, 0) is 49.9 Å². The van der Waals surface area contributed by atoms with Gasteiger partial charge in [-0.3, -0.25) is 0 Å². The zero-order valence-corrected chi connectivity index (χ0v) is 22.3. The van der Waals surface area contributed by atoms with E-state index < -0.39 is 11.7 Å². The third kappa shape index (κ3) is 6.73. The van der Waals surface area contributed by atoms with E-state index in [1.165, 1.54) is 17.7 Å². The van der Waals surface area contributed by atoms with Gasteiger partial charge in [0, 0.05) is 36.6 Å². The third-order valence-electron chi connectivity index (χ3n) is 6.83. The van der Waals surface area contributed by atoms with Gasteiger partial charge in [0.1, 0.15) is 5.82 Å². The number of alkyl halides is 3. The third-order valence-corrected chi connectivity index (χ3v) is 6.83. The summed E-state index contributed by atoms with van der Waals surface area (Å²) in [5.41, 5.74) is 4.24. The Morgan fingerprint density at radius 3 is 2.16 bits per heavy atom. The summed E-state index contributed by atoms with van der Waals surface area (Å²) in [4.78, 5) is 18.6. The fourth-order valence-corrected chi connectivity index (χ4v) is 4.68. The molecule has 0 spiro atoms. The zero-order chi connectivity index (χ0) is 27.2. The molecule has 8 heteroatoms. The smallest absolute Gasteiger partial charge is 0.331 e. The predicted molar refractivity (Wildman–Crippen MR) is 142 cm³/mol. The number of amides is 2. The lowest BCUT2D eigenvalue weighted by Crippen LogP contribution is -2.45. The molecule has 0 saturated heterocycles. The van der Waals surface area contributed by atoms with E-state index in [0.717, 1.165) is 67.9 Å². The minimum absolute atomic E-state index is 0.0561. The number of imidazole rings is 1. The minimum Gasteiger partial charge on any atom is -0.331 e. The number of halogens is 3. The van der Waals surface area contributed by atoms with Crippen molar-refractivity contribution in [2.24, 2.45) is 7.05 Å². The number of para-hydroxylation sites is 1. The summed E-state index contributed by atoms with van der Waals surface area (Å²) in [6.07, 6.45) is 0.921. The van der Waals surface area contributed by atoms with Gasteiger partial charge in [0.25, 0.3) is 0 Å². The van der Waals surface area contributed by atoms with Gasteiger partial charge in [0.15, 0.2) is 0 Å². The van der Waals surface area contributed by atoms with Crippen molar-refractivity contribution in [2.45, 2.75) is 78.6 Å². The second-order valence-corrected chi connectivity index (χ2v) is 9.40. The molecule has 0 aliphatic carbocycles. The van der Waals surface area contributed by atoms with Gasteiger partial charge < -0.3 is 14.8 Å². The maximum absolute atomic E-state index is 12.5. The number of nitrogens with zero attached hydrogens (tertiary/aromatic N) is 3. The van der Waals surface area contributed by atoms with Gasteiger partial charge in [-0.25, -0.2) is 9.78 Å². The van der Waals surface area contributed by atoms with Crippen LogP contribution in [0.2, 0.25) is 0 Å². The van der Waals surface area contributed by atoms with Gasteiger partial charge in [-0.1, -0.05) is 63.9 Å². The maximum atomic E-state index is 12.5. The summed E-state index contributed by atoms with van der Waals surface area (Å²) < 4.78 is 39.4. The molecule has 2 heterocycles. The second-order valence-electron chi connectivity index (χ2n) is 9.40. The molecule has 1 aliphatic heterocycles. The summed E-state index contributed by atoms with van der Waals surface area (Å²) in [7, 11) is 1.87. The lowest BCUT2D eigenvalue weighted by molar-refractivity contribution is -0.137. The first kappa shape index (κ1) is 28.3. The number of benzene rings is 2. The van der Waals surface area contributed by atoms with Crippen molar-refractivity contribution in [1.29, 1.82) is 0 Å². The van der Waals surface area contributed by atoms with Crippen LogP contribution in [0.15, 0.2) is 48.5 Å². The maximum Gasteiger partial charge on any atom is 0.416 e. The van der Waals surface area contributed by atoms with Gasteiger partial charge >= 0.3 is 12.2 Å². The number of fused-ring (bicyclic) bond motifs is 1. The highest BCUT2D eigenvalue weighted by Crippen LogP contribution is 2.31. The van der Waals surface area contributed by atoms with Crippen LogP contribution < -0.4 is 5.32 Å². The lowest BCUT2D eigenvalue weighted by atomic mass is 10.0. The van der Waals surface area contributed by atoms with E-state index in [1.807, 2.05) is 48.6 Å². The van der Waals surface area contributed by atoms with Crippen LogP contribution >= 0.6 is 0 Å². The number of carbonyl (C=O) groups is 1. The number of urea groups is 1. The van der Waals surface area contributed by atoms with Crippen molar-refractivity contribution >= 4 is 11.7 Å². The molecular weight excluding hydrogens is 477 g/mol. The Morgan fingerprint density at radius 2 is 1.62 bits per heavy atom. The molecule has 0 bridgehead atoms. The van der Waals surface area contributed by atoms with Crippen LogP contribution in [-0.2, 0) is 26.2 Å². The van der Waals surface area contributed by atoms with E-state index in [0.29, 0.717) is 17.4 Å². The number of carbonyl (C=O) groups excluding carboxylic acids is 1. The van der Waals surface area contributed by atoms with Gasteiger partial charge in [-0.2, -0.15) is 13.2 Å². The van der Waals surface area contributed by atoms with E-state index in [1.54, 1.807) is 0 Å². The van der Waals surface area contributed by atoms with E-state index in [4.69, 9.17) is 0 Å². The van der Waals surface area contributed by atoms with Gasteiger partial charge in [0.05, 0.1) is 11.3 Å². The number of nitrogens with one attached hydrogen (secondary N) is 1. The number of aromatic nitrogens is 2. The monoisotopic (exact) mass is 514 g/mol. The molecule has 4 rings (SSSR count). The van der Waals surface area contributed by atoms with Crippen molar-refractivity contribution < 1.29 is 18.0 Å². The van der Waals surface area contributed by atoms with E-state index in [9.17, 15) is 18.0 Å². The Labute approximate surface area is 217 Å². The highest BCUT2D eigenvalue weighted by Gasteiger charge is 2.30. The van der Waals surface area contributed by atoms with Gasteiger partial charge in [-0.15, -0.1) is 0 Å². The first-order valence-electron chi connectivity index (χ1n) is 13.0. The zero-order valence-electron chi connectivity index (χ0n) is 22.3. The summed E-state index contributed by atoms with van der Waals surface area (Å²) in [5, 5.41) is 2.99. The molecule has 5 nitrogen and oxygen atoms in total. The lowest BCUT2D eigenvalue weighted by Gasteiger charge is -2.35. The molecule has 200 valence electrons. The van der Waals surface area contributed by atoms with Gasteiger partial charge in [0.2, 0.25) is 0 Å². The topological polar surface area (TPSA) is 50.2 Å². The Kier molecular flexibility index (Phi) is 9.40. The Morgan fingerprint density at radius 1 is 1.00 bits per heavy atom. The van der Waals surface area contributed by atoms with E-state index >= 15 is 0 Å². The number of hydrogen-bond donors (Lipinski definition) is 1. The molecule has 0 radical (unpaired) electrons. The Bertz CT molecular complexity index is 1180. The minimum atomic E-state index is -4.30. The average Bonchev–Trinajstić information content (AvgIpc) is 3.17. The van der Waals surface area contributed by atoms with E-state index in [-0.39, 0.29) is 6.03 Å². The van der Waals surface area contributed by atoms with Crippen molar-refractivity contribution in [3.05, 3.63) is 71.0 Å². The van der Waals surface area contributed by atoms with Crippen molar-refractivity contribution in [3.63, 3.8) is 0 Å². The summed E-state index contributed by atoms with van der Waals surface area (Å²) in [5.74, 6) is 0.697. The highest BCUT2D eigenvalue weighted by molar-refractivity contribution is 5.92. The normalized spacial score (nSPS) is 13.2.